The maximum Gasteiger partial charge on any atom is 0.312 e. The molecule has 3 aliphatic rings. The van der Waals surface area contributed by atoms with E-state index in [0.29, 0.717) is 18.8 Å². The van der Waals surface area contributed by atoms with Crippen LogP contribution >= 0.6 is 0 Å². The number of fused-ring (bicyclic) bond motifs is 2. The summed E-state index contributed by atoms with van der Waals surface area (Å²) in [7, 11) is -2.04. The molecule has 3 aliphatic heterocycles. The summed E-state index contributed by atoms with van der Waals surface area (Å²) in [6, 6.07) is 14.8. The second-order valence-electron chi connectivity index (χ2n) is 9.20. The number of ether oxygens (including phenoxy) is 5. The number of carbonyl (C=O) groups excluding carboxylic acids is 1. The number of hydrogen-bond acceptors (Lipinski definition) is 7. The largest absolute Gasteiger partial charge is 0.465 e. The molecule has 0 bridgehead atoms. The minimum Gasteiger partial charge on any atom is -0.465 e. The van der Waals surface area contributed by atoms with Crippen molar-refractivity contribution in [1.82, 2.24) is 0 Å². The van der Waals surface area contributed by atoms with E-state index in [2.05, 4.69) is 20.8 Å². The van der Waals surface area contributed by atoms with Gasteiger partial charge in [0.25, 0.3) is 0 Å². The van der Waals surface area contributed by atoms with E-state index in [4.69, 9.17) is 28.1 Å². The van der Waals surface area contributed by atoms with E-state index in [1.165, 1.54) is 0 Å². The van der Waals surface area contributed by atoms with Crippen LogP contribution in [0.15, 0.2) is 36.4 Å². The maximum atomic E-state index is 13.2. The van der Waals surface area contributed by atoms with Gasteiger partial charge in [-0.2, -0.15) is 0 Å². The lowest BCUT2D eigenvalue weighted by atomic mass is 9.83. The van der Waals surface area contributed by atoms with E-state index in [1.54, 1.807) is 0 Å². The second-order valence-corrected chi connectivity index (χ2v) is 13.9. The molecule has 182 valence electrons. The van der Waals surface area contributed by atoms with E-state index < -0.39 is 20.3 Å². The minimum atomic E-state index is -2.04. The van der Waals surface area contributed by atoms with Gasteiger partial charge in [0.15, 0.2) is 31.3 Å². The molecule has 3 heterocycles. The Morgan fingerprint density at radius 3 is 2.15 bits per heavy atom. The molecule has 7 nitrogen and oxygen atoms in total. The van der Waals surface area contributed by atoms with Crippen LogP contribution in [0.2, 0.25) is 18.1 Å². The molecule has 3 atom stereocenters. The fourth-order valence-electron chi connectivity index (χ4n) is 5.22. The molecular weight excluding hydrogens is 452 g/mol. The summed E-state index contributed by atoms with van der Waals surface area (Å²) in [6.45, 7) is 7.43. The Hall–Kier alpha value is -2.71. The fraction of sp³-hybridized carbons (Fsp3) is 0.500. The summed E-state index contributed by atoms with van der Waals surface area (Å²) in [4.78, 5) is 13.2. The highest BCUT2D eigenvalue weighted by molar-refractivity contribution is 6.73. The number of rotatable bonds is 9. The molecule has 8 heteroatoms. The van der Waals surface area contributed by atoms with Gasteiger partial charge in [-0.05, 0) is 59.9 Å². The standard InChI is InChI=1S/C26H32O7Si/c1-4-34(5-2,6-3)33-25(18-8-10-21-23(13-18)32-16-30-21)24-19(14-28-26(24)27)11-17-7-9-20-22(12-17)31-15-29-20/h7-10,12-13,19,24-25H,4-6,11,14-16H2,1-3H3/t19-,24-,25+/m0/s1. The molecule has 0 amide bonds. The Bertz CT molecular complexity index is 1040. The van der Waals surface area contributed by atoms with Crippen molar-refractivity contribution in [2.75, 3.05) is 20.2 Å². The van der Waals surface area contributed by atoms with Crippen molar-refractivity contribution < 1.29 is 32.9 Å². The van der Waals surface area contributed by atoms with Crippen LogP contribution in [-0.4, -0.2) is 34.5 Å². The molecule has 0 spiro atoms. The summed E-state index contributed by atoms with van der Waals surface area (Å²) in [5.74, 6) is 2.31. The maximum absolute atomic E-state index is 13.2. The zero-order valence-electron chi connectivity index (χ0n) is 20.0. The molecule has 1 saturated heterocycles. The monoisotopic (exact) mass is 484 g/mol. The Labute approximate surface area is 201 Å². The van der Waals surface area contributed by atoms with E-state index in [9.17, 15) is 4.79 Å². The number of carbonyl (C=O) groups is 1. The van der Waals surface area contributed by atoms with Crippen LogP contribution in [0.5, 0.6) is 23.0 Å². The SMILES string of the molecule is CC[Si](CC)(CC)O[C@H](c1ccc2c(c1)OCO2)[C@H]1C(=O)OC[C@@H]1Cc1ccc2c(c1)OCO2. The summed E-state index contributed by atoms with van der Waals surface area (Å²) in [5.41, 5.74) is 2.03. The van der Waals surface area contributed by atoms with Crippen molar-refractivity contribution in [1.29, 1.82) is 0 Å². The molecule has 0 aromatic heterocycles. The first-order valence-electron chi connectivity index (χ1n) is 12.2. The highest BCUT2D eigenvalue weighted by Gasteiger charge is 2.47. The first-order valence-corrected chi connectivity index (χ1v) is 14.7. The quantitative estimate of drug-likeness (QED) is 0.356. The highest BCUT2D eigenvalue weighted by atomic mass is 28.4. The summed E-state index contributed by atoms with van der Waals surface area (Å²) < 4.78 is 34.8. The van der Waals surface area contributed by atoms with Crippen molar-refractivity contribution >= 4 is 14.3 Å². The van der Waals surface area contributed by atoms with Gasteiger partial charge < -0.3 is 28.1 Å². The average Bonchev–Trinajstić information content (AvgIpc) is 3.60. The Morgan fingerprint density at radius 2 is 1.47 bits per heavy atom. The lowest BCUT2D eigenvalue weighted by Gasteiger charge is -2.36. The zero-order chi connectivity index (χ0) is 23.7. The van der Waals surface area contributed by atoms with Gasteiger partial charge in [-0.15, -0.1) is 0 Å². The van der Waals surface area contributed by atoms with E-state index in [0.717, 1.165) is 46.5 Å². The number of cyclic esters (lactones) is 1. The summed E-state index contributed by atoms with van der Waals surface area (Å²) in [6.07, 6.45) is 0.297. The number of hydrogen-bond donors (Lipinski definition) is 0. The van der Waals surface area contributed by atoms with Gasteiger partial charge in [0, 0.05) is 5.92 Å². The predicted octanol–water partition coefficient (Wildman–Crippen LogP) is 5.24. The molecule has 0 N–H and O–H groups in total. The van der Waals surface area contributed by atoms with Crippen LogP contribution in [-0.2, 0) is 20.4 Å². The van der Waals surface area contributed by atoms with Gasteiger partial charge in [0.05, 0.1) is 18.6 Å². The minimum absolute atomic E-state index is 0.0134. The lowest BCUT2D eigenvalue weighted by Crippen LogP contribution is -2.41. The molecular formula is C26H32O7Si. The first-order chi connectivity index (χ1) is 16.6. The van der Waals surface area contributed by atoms with Crippen LogP contribution in [0, 0.1) is 11.8 Å². The molecule has 5 rings (SSSR count). The van der Waals surface area contributed by atoms with Crippen LogP contribution < -0.4 is 18.9 Å². The van der Waals surface area contributed by atoms with E-state index in [1.807, 2.05) is 36.4 Å². The summed E-state index contributed by atoms with van der Waals surface area (Å²) in [5, 5.41) is 0. The second kappa shape index (κ2) is 9.50. The molecule has 0 saturated carbocycles. The van der Waals surface area contributed by atoms with Crippen LogP contribution in [0.25, 0.3) is 0 Å². The van der Waals surface area contributed by atoms with Crippen molar-refractivity contribution in [3.05, 3.63) is 47.5 Å². The predicted molar refractivity (Wildman–Crippen MR) is 128 cm³/mol. The summed E-state index contributed by atoms with van der Waals surface area (Å²) >= 11 is 0. The number of esters is 1. The normalized spacial score (nSPS) is 21.6. The first kappa shape index (κ1) is 23.0. The van der Waals surface area contributed by atoms with Gasteiger partial charge in [0.2, 0.25) is 13.6 Å². The smallest absolute Gasteiger partial charge is 0.312 e. The number of benzene rings is 2. The molecule has 0 unspecified atom stereocenters. The van der Waals surface area contributed by atoms with Gasteiger partial charge in [-0.1, -0.05) is 32.9 Å². The molecule has 34 heavy (non-hydrogen) atoms. The molecule has 0 aliphatic carbocycles. The van der Waals surface area contributed by atoms with E-state index >= 15 is 0 Å². The van der Waals surface area contributed by atoms with Crippen molar-refractivity contribution in [2.45, 2.75) is 51.4 Å². The van der Waals surface area contributed by atoms with Crippen molar-refractivity contribution in [2.24, 2.45) is 11.8 Å². The van der Waals surface area contributed by atoms with Crippen LogP contribution in [0.1, 0.15) is 38.0 Å². The Balaban J connectivity index is 1.48. The Kier molecular flexibility index (Phi) is 6.44. The Morgan fingerprint density at radius 1 is 0.853 bits per heavy atom. The molecule has 2 aromatic carbocycles. The highest BCUT2D eigenvalue weighted by Crippen LogP contribution is 2.45. The van der Waals surface area contributed by atoms with E-state index in [-0.39, 0.29) is 25.5 Å². The van der Waals surface area contributed by atoms with Crippen molar-refractivity contribution in [3.8, 4) is 23.0 Å². The third-order valence-corrected chi connectivity index (χ3v) is 12.1. The van der Waals surface area contributed by atoms with Gasteiger partial charge >= 0.3 is 5.97 Å². The topological polar surface area (TPSA) is 72.5 Å². The zero-order valence-corrected chi connectivity index (χ0v) is 21.0. The lowest BCUT2D eigenvalue weighted by molar-refractivity contribution is -0.144. The van der Waals surface area contributed by atoms with Crippen molar-refractivity contribution in [3.63, 3.8) is 0 Å². The fourth-order valence-corrected chi connectivity index (χ4v) is 8.04. The van der Waals surface area contributed by atoms with Gasteiger partial charge in [-0.3, -0.25) is 4.79 Å². The van der Waals surface area contributed by atoms with Crippen LogP contribution in [0.4, 0.5) is 0 Å². The molecule has 2 aromatic rings. The van der Waals surface area contributed by atoms with Gasteiger partial charge in [0.1, 0.15) is 0 Å². The third kappa shape index (κ3) is 4.25. The molecule has 0 radical (unpaired) electrons. The molecule has 1 fully saturated rings. The van der Waals surface area contributed by atoms with Crippen LogP contribution in [0.3, 0.4) is 0 Å². The average molecular weight is 485 g/mol. The third-order valence-electron chi connectivity index (χ3n) is 7.52. The van der Waals surface area contributed by atoms with Gasteiger partial charge in [-0.25, -0.2) is 0 Å².